The van der Waals surface area contributed by atoms with Crippen LogP contribution in [0.1, 0.15) is 20.8 Å². The maximum absolute atomic E-state index is 12.1. The summed E-state index contributed by atoms with van der Waals surface area (Å²) in [4.78, 5) is 23.1. The highest BCUT2D eigenvalue weighted by molar-refractivity contribution is 9.10. The summed E-state index contributed by atoms with van der Waals surface area (Å²) in [5.41, 5.74) is 0.408. The maximum atomic E-state index is 12.1. The molecule has 0 spiro atoms. The van der Waals surface area contributed by atoms with Crippen LogP contribution in [0.2, 0.25) is 5.02 Å². The molecule has 1 aromatic rings. The molecule has 1 aromatic carbocycles. The Balaban J connectivity index is 3.01. The molecule has 0 aliphatic rings. The molecule has 0 aromatic heterocycles. The number of anilines is 1. The fourth-order valence-electron chi connectivity index (χ4n) is 1.63. The van der Waals surface area contributed by atoms with Crippen LogP contribution >= 0.6 is 27.5 Å². The molecule has 2 atom stereocenters. The first kappa shape index (κ1) is 17.8. The van der Waals surface area contributed by atoms with Crippen molar-refractivity contribution in [1.82, 2.24) is 0 Å². The summed E-state index contributed by atoms with van der Waals surface area (Å²) in [5, 5.41) is 12.1. The highest BCUT2D eigenvalue weighted by Gasteiger charge is 2.26. The predicted molar refractivity (Wildman–Crippen MR) is 84.9 cm³/mol. The number of carbonyl (C=O) groups excluding carboxylic acids is 1. The van der Waals surface area contributed by atoms with E-state index in [0.29, 0.717) is 27.5 Å². The van der Waals surface area contributed by atoms with Gasteiger partial charge < -0.3 is 15.2 Å². The number of ether oxygens (including phenoxy) is 1. The SMILES string of the molecule is CCOc1c(Br)cc(Cl)cc1NC(=O)C(C)C(C)C(=O)O. The van der Waals surface area contributed by atoms with Gasteiger partial charge >= 0.3 is 5.97 Å². The summed E-state index contributed by atoms with van der Waals surface area (Å²) in [6, 6.07) is 3.22. The quantitative estimate of drug-likeness (QED) is 0.789. The van der Waals surface area contributed by atoms with Crippen LogP contribution in [0.15, 0.2) is 16.6 Å². The van der Waals surface area contributed by atoms with Gasteiger partial charge in [0.15, 0.2) is 5.75 Å². The molecule has 0 aliphatic heterocycles. The van der Waals surface area contributed by atoms with Crippen LogP contribution in [0.4, 0.5) is 5.69 Å². The third-order valence-corrected chi connectivity index (χ3v) is 3.92. The second-order valence-electron chi connectivity index (χ2n) is 4.60. The zero-order chi connectivity index (χ0) is 16.2. The Kier molecular flexibility index (Phi) is 6.48. The molecule has 116 valence electrons. The molecule has 1 rings (SSSR count). The second kappa shape index (κ2) is 7.66. The smallest absolute Gasteiger partial charge is 0.307 e. The van der Waals surface area contributed by atoms with E-state index in [1.807, 2.05) is 6.92 Å². The van der Waals surface area contributed by atoms with Crippen molar-refractivity contribution >= 4 is 45.1 Å². The molecule has 0 saturated heterocycles. The summed E-state index contributed by atoms with van der Waals surface area (Å²) in [7, 11) is 0. The molecule has 0 aliphatic carbocycles. The second-order valence-corrected chi connectivity index (χ2v) is 5.89. The number of halogens is 2. The van der Waals surface area contributed by atoms with Crippen LogP contribution in [0.5, 0.6) is 5.75 Å². The molecule has 0 bridgehead atoms. The maximum Gasteiger partial charge on any atom is 0.307 e. The molecule has 0 fully saturated rings. The van der Waals surface area contributed by atoms with Crippen molar-refractivity contribution < 1.29 is 19.4 Å². The molecule has 21 heavy (non-hydrogen) atoms. The minimum atomic E-state index is -1.02. The van der Waals surface area contributed by atoms with Crippen LogP contribution in [-0.4, -0.2) is 23.6 Å². The van der Waals surface area contributed by atoms with Gasteiger partial charge in [0, 0.05) is 10.9 Å². The molecule has 0 saturated carbocycles. The van der Waals surface area contributed by atoms with Crippen LogP contribution in [-0.2, 0) is 9.59 Å². The van der Waals surface area contributed by atoms with Crippen LogP contribution in [0.25, 0.3) is 0 Å². The van der Waals surface area contributed by atoms with Gasteiger partial charge in [-0.3, -0.25) is 9.59 Å². The van der Waals surface area contributed by atoms with Gasteiger partial charge in [-0.15, -0.1) is 0 Å². The van der Waals surface area contributed by atoms with E-state index in [1.165, 1.54) is 6.92 Å². The lowest BCUT2D eigenvalue weighted by Crippen LogP contribution is -2.30. The number of nitrogens with one attached hydrogen (secondary N) is 1. The number of aliphatic carboxylic acids is 1. The highest BCUT2D eigenvalue weighted by atomic mass is 79.9. The summed E-state index contributed by atoms with van der Waals surface area (Å²) in [6.07, 6.45) is 0. The van der Waals surface area contributed by atoms with Gasteiger partial charge in [-0.25, -0.2) is 0 Å². The zero-order valence-electron chi connectivity index (χ0n) is 11.9. The topological polar surface area (TPSA) is 75.6 Å². The third-order valence-electron chi connectivity index (χ3n) is 3.11. The molecule has 0 radical (unpaired) electrons. The summed E-state index contributed by atoms with van der Waals surface area (Å²) in [6.45, 7) is 5.30. The Labute approximate surface area is 136 Å². The Morgan fingerprint density at radius 3 is 2.52 bits per heavy atom. The zero-order valence-corrected chi connectivity index (χ0v) is 14.3. The Morgan fingerprint density at radius 1 is 1.38 bits per heavy atom. The molecule has 5 nitrogen and oxygen atoms in total. The first-order valence-electron chi connectivity index (χ1n) is 6.43. The molecule has 2 N–H and O–H groups in total. The third kappa shape index (κ3) is 4.61. The molecule has 7 heteroatoms. The Bertz CT molecular complexity index is 550. The van der Waals surface area contributed by atoms with E-state index in [9.17, 15) is 9.59 Å². The van der Waals surface area contributed by atoms with Crippen LogP contribution in [0.3, 0.4) is 0 Å². The Morgan fingerprint density at radius 2 is 2.00 bits per heavy atom. The molecular weight excluding hydrogens is 362 g/mol. The summed E-state index contributed by atoms with van der Waals surface area (Å²) in [5.74, 6) is -2.43. The number of benzene rings is 1. The van der Waals surface area contributed by atoms with Crippen molar-refractivity contribution in [2.24, 2.45) is 11.8 Å². The van der Waals surface area contributed by atoms with Crippen molar-refractivity contribution in [2.45, 2.75) is 20.8 Å². The standard InChI is InChI=1S/C14H17BrClNO4/c1-4-21-12-10(15)5-9(16)6-11(12)17-13(18)7(2)8(3)14(19)20/h5-8H,4H2,1-3H3,(H,17,18)(H,19,20). The number of carbonyl (C=O) groups is 2. The van der Waals surface area contributed by atoms with E-state index in [-0.39, 0.29) is 0 Å². The molecular formula is C14H17BrClNO4. The molecule has 0 heterocycles. The number of hydrogen-bond donors (Lipinski definition) is 2. The largest absolute Gasteiger partial charge is 0.491 e. The highest BCUT2D eigenvalue weighted by Crippen LogP contribution is 2.37. The van der Waals surface area contributed by atoms with E-state index in [0.717, 1.165) is 0 Å². The minimum absolute atomic E-state index is 0.403. The van der Waals surface area contributed by atoms with Crippen molar-refractivity contribution in [3.05, 3.63) is 21.6 Å². The van der Waals surface area contributed by atoms with E-state index >= 15 is 0 Å². The van der Waals surface area contributed by atoms with Crippen molar-refractivity contribution in [3.63, 3.8) is 0 Å². The van der Waals surface area contributed by atoms with Gasteiger partial charge in [-0.2, -0.15) is 0 Å². The number of carboxylic acid groups (broad SMARTS) is 1. The lowest BCUT2D eigenvalue weighted by molar-refractivity contribution is -0.145. The number of rotatable bonds is 6. The fourth-order valence-corrected chi connectivity index (χ4v) is 2.56. The van der Waals surface area contributed by atoms with E-state index in [4.69, 9.17) is 21.4 Å². The lowest BCUT2D eigenvalue weighted by atomic mass is 9.95. The fraction of sp³-hybridized carbons (Fsp3) is 0.429. The van der Waals surface area contributed by atoms with Gasteiger partial charge in [0.2, 0.25) is 5.91 Å². The van der Waals surface area contributed by atoms with Gasteiger partial charge in [0.25, 0.3) is 0 Å². The predicted octanol–water partition coefficient (Wildman–Crippen LogP) is 3.80. The van der Waals surface area contributed by atoms with E-state index in [1.54, 1.807) is 19.1 Å². The molecule has 1 amide bonds. The number of amides is 1. The molecule has 2 unspecified atom stereocenters. The Hall–Kier alpha value is -1.27. The summed E-state index contributed by atoms with van der Waals surface area (Å²) < 4.78 is 6.09. The lowest BCUT2D eigenvalue weighted by Gasteiger charge is -2.18. The van der Waals surface area contributed by atoms with E-state index < -0.39 is 23.7 Å². The van der Waals surface area contributed by atoms with Gasteiger partial charge in [0.1, 0.15) is 0 Å². The van der Waals surface area contributed by atoms with Crippen molar-refractivity contribution in [3.8, 4) is 5.75 Å². The first-order chi connectivity index (χ1) is 9.77. The summed E-state index contributed by atoms with van der Waals surface area (Å²) >= 11 is 9.29. The van der Waals surface area contributed by atoms with Crippen molar-refractivity contribution in [2.75, 3.05) is 11.9 Å². The first-order valence-corrected chi connectivity index (χ1v) is 7.60. The van der Waals surface area contributed by atoms with Crippen LogP contribution < -0.4 is 10.1 Å². The average Bonchev–Trinajstić information content (AvgIpc) is 2.40. The van der Waals surface area contributed by atoms with Crippen LogP contribution in [0, 0.1) is 11.8 Å². The van der Waals surface area contributed by atoms with Gasteiger partial charge in [-0.1, -0.05) is 25.4 Å². The van der Waals surface area contributed by atoms with Gasteiger partial charge in [-0.05, 0) is 35.0 Å². The minimum Gasteiger partial charge on any atom is -0.491 e. The van der Waals surface area contributed by atoms with Crippen molar-refractivity contribution in [1.29, 1.82) is 0 Å². The number of hydrogen-bond acceptors (Lipinski definition) is 3. The van der Waals surface area contributed by atoms with Gasteiger partial charge in [0.05, 0.1) is 22.7 Å². The normalized spacial score (nSPS) is 13.4. The number of carboxylic acids is 1. The monoisotopic (exact) mass is 377 g/mol. The average molecular weight is 379 g/mol. The van der Waals surface area contributed by atoms with E-state index in [2.05, 4.69) is 21.2 Å².